The Kier molecular flexibility index (Phi) is 3.99. The molecule has 3 atom stereocenters. The van der Waals surface area contributed by atoms with Crippen LogP contribution in [0.2, 0.25) is 5.02 Å². The van der Waals surface area contributed by atoms with Gasteiger partial charge in [0.15, 0.2) is 0 Å². The topological polar surface area (TPSA) is 46.3 Å². The average Bonchev–Trinajstić information content (AvgIpc) is 3.07. The number of nitrogens with zero attached hydrogens (tertiary/aromatic N) is 1. The lowest BCUT2D eigenvalue weighted by atomic mass is 10.0. The smallest absolute Gasteiger partial charge is 0.226 e. The first-order chi connectivity index (χ1) is 9.66. The third kappa shape index (κ3) is 2.57. The Morgan fingerprint density at radius 3 is 2.75 bits per heavy atom. The minimum absolute atomic E-state index is 0.119. The monoisotopic (exact) mass is 292 g/mol. The van der Waals surface area contributed by atoms with E-state index in [1.54, 1.807) is 0 Å². The second kappa shape index (κ2) is 5.74. The lowest BCUT2D eigenvalue weighted by Crippen LogP contribution is -2.35. The molecule has 0 radical (unpaired) electrons. The van der Waals surface area contributed by atoms with Gasteiger partial charge in [-0.2, -0.15) is 0 Å². The Hall–Kier alpha value is -1.06. The molecule has 3 rings (SSSR count). The van der Waals surface area contributed by atoms with Crippen LogP contribution in [0.1, 0.15) is 43.7 Å². The van der Waals surface area contributed by atoms with Gasteiger partial charge < -0.3 is 10.6 Å². The maximum absolute atomic E-state index is 12.7. The summed E-state index contributed by atoms with van der Waals surface area (Å²) in [5, 5.41) is 0.764. The standard InChI is InChI=1S/C16H21ClN2O/c17-14-5-2-1-4-13(14)15-6-3-9-19(15)16(20)11-7-8-12(18)10-11/h1-2,4-5,11-12,15H,3,6-10,18H2/t11-,12-,15-/m1/s1. The van der Waals surface area contributed by atoms with Gasteiger partial charge in [0.1, 0.15) is 0 Å². The van der Waals surface area contributed by atoms with Crippen LogP contribution < -0.4 is 5.73 Å². The van der Waals surface area contributed by atoms with Gasteiger partial charge in [0.25, 0.3) is 0 Å². The van der Waals surface area contributed by atoms with Gasteiger partial charge in [0, 0.05) is 23.5 Å². The predicted molar refractivity (Wildman–Crippen MR) is 80.5 cm³/mol. The number of hydrogen-bond acceptors (Lipinski definition) is 2. The van der Waals surface area contributed by atoms with E-state index >= 15 is 0 Å². The summed E-state index contributed by atoms with van der Waals surface area (Å²) in [6.45, 7) is 0.848. The van der Waals surface area contributed by atoms with Crippen LogP contribution in [0, 0.1) is 5.92 Å². The first kappa shape index (κ1) is 13.9. The van der Waals surface area contributed by atoms with Gasteiger partial charge >= 0.3 is 0 Å². The number of likely N-dealkylation sites (tertiary alicyclic amines) is 1. The fourth-order valence-corrected chi connectivity index (χ4v) is 3.84. The quantitative estimate of drug-likeness (QED) is 0.910. The normalized spacial score (nSPS) is 29.9. The third-order valence-corrected chi connectivity index (χ3v) is 4.97. The molecule has 1 aromatic carbocycles. The highest BCUT2D eigenvalue weighted by Gasteiger charge is 2.37. The van der Waals surface area contributed by atoms with E-state index in [1.807, 2.05) is 29.2 Å². The van der Waals surface area contributed by atoms with Crippen molar-refractivity contribution in [2.45, 2.75) is 44.2 Å². The van der Waals surface area contributed by atoms with Crippen LogP contribution >= 0.6 is 11.6 Å². The second-order valence-corrected chi connectivity index (χ2v) is 6.39. The summed E-state index contributed by atoms with van der Waals surface area (Å²) < 4.78 is 0. The van der Waals surface area contributed by atoms with Crippen LogP contribution in [-0.4, -0.2) is 23.4 Å². The van der Waals surface area contributed by atoms with Crippen molar-refractivity contribution in [1.29, 1.82) is 0 Å². The van der Waals surface area contributed by atoms with Crippen LogP contribution in [0.4, 0.5) is 0 Å². The van der Waals surface area contributed by atoms with Crippen molar-refractivity contribution in [2.75, 3.05) is 6.54 Å². The van der Waals surface area contributed by atoms with E-state index in [-0.39, 0.29) is 23.9 Å². The van der Waals surface area contributed by atoms with Crippen molar-refractivity contribution in [3.63, 3.8) is 0 Å². The van der Waals surface area contributed by atoms with Gasteiger partial charge in [0.05, 0.1) is 6.04 Å². The lowest BCUT2D eigenvalue weighted by molar-refractivity contribution is -0.136. The molecule has 0 unspecified atom stereocenters. The fourth-order valence-electron chi connectivity index (χ4n) is 3.57. The van der Waals surface area contributed by atoms with Gasteiger partial charge in [-0.3, -0.25) is 4.79 Å². The summed E-state index contributed by atoms with van der Waals surface area (Å²) in [6.07, 6.45) is 4.81. The van der Waals surface area contributed by atoms with Crippen LogP contribution in [0.3, 0.4) is 0 Å². The largest absolute Gasteiger partial charge is 0.335 e. The second-order valence-electron chi connectivity index (χ2n) is 5.98. The zero-order valence-corrected chi connectivity index (χ0v) is 12.4. The Morgan fingerprint density at radius 1 is 1.25 bits per heavy atom. The Bertz CT molecular complexity index is 505. The van der Waals surface area contributed by atoms with Crippen molar-refractivity contribution < 1.29 is 4.79 Å². The van der Waals surface area contributed by atoms with Crippen LogP contribution in [0.25, 0.3) is 0 Å². The van der Waals surface area contributed by atoms with Crippen molar-refractivity contribution in [2.24, 2.45) is 11.7 Å². The summed E-state index contributed by atoms with van der Waals surface area (Å²) in [6, 6.07) is 8.22. The first-order valence-electron chi connectivity index (χ1n) is 7.47. The summed E-state index contributed by atoms with van der Waals surface area (Å²) in [5.41, 5.74) is 7.03. The van der Waals surface area contributed by atoms with Gasteiger partial charge in [-0.25, -0.2) is 0 Å². The number of carbonyl (C=O) groups excluding carboxylic acids is 1. The molecule has 108 valence electrons. The summed E-state index contributed by atoms with van der Waals surface area (Å²) in [5.74, 6) is 0.397. The lowest BCUT2D eigenvalue weighted by Gasteiger charge is -2.28. The molecule has 20 heavy (non-hydrogen) atoms. The van der Waals surface area contributed by atoms with Crippen molar-refractivity contribution >= 4 is 17.5 Å². The van der Waals surface area contributed by atoms with Crippen LogP contribution in [0.15, 0.2) is 24.3 Å². The molecule has 2 N–H and O–H groups in total. The van der Waals surface area contributed by atoms with E-state index in [9.17, 15) is 4.79 Å². The number of nitrogens with two attached hydrogens (primary N) is 1. The molecule has 1 saturated heterocycles. The van der Waals surface area contributed by atoms with E-state index in [4.69, 9.17) is 17.3 Å². The number of rotatable bonds is 2. The number of benzene rings is 1. The molecule has 0 aromatic heterocycles. The van der Waals surface area contributed by atoms with Crippen LogP contribution in [0.5, 0.6) is 0 Å². The van der Waals surface area contributed by atoms with Crippen molar-refractivity contribution in [1.82, 2.24) is 4.90 Å². The highest BCUT2D eigenvalue weighted by Crippen LogP contribution is 2.38. The SMILES string of the molecule is N[C@@H]1CC[C@@H](C(=O)N2CCC[C@@H]2c2ccccc2Cl)C1. The zero-order valence-electron chi connectivity index (χ0n) is 11.6. The maximum Gasteiger partial charge on any atom is 0.226 e. The van der Waals surface area contributed by atoms with E-state index in [2.05, 4.69) is 0 Å². The maximum atomic E-state index is 12.7. The third-order valence-electron chi connectivity index (χ3n) is 4.62. The number of halogens is 1. The molecule has 1 aliphatic carbocycles. The van der Waals surface area contributed by atoms with Gasteiger partial charge in [-0.05, 0) is 43.7 Å². The summed E-state index contributed by atoms with van der Waals surface area (Å²) >= 11 is 6.30. The molecular formula is C16H21ClN2O. The minimum Gasteiger partial charge on any atom is -0.335 e. The number of amides is 1. The molecular weight excluding hydrogens is 272 g/mol. The number of carbonyl (C=O) groups is 1. The Morgan fingerprint density at radius 2 is 2.05 bits per heavy atom. The molecule has 0 bridgehead atoms. The van der Waals surface area contributed by atoms with E-state index in [0.717, 1.165) is 49.2 Å². The molecule has 1 amide bonds. The van der Waals surface area contributed by atoms with E-state index in [0.29, 0.717) is 0 Å². The van der Waals surface area contributed by atoms with E-state index < -0.39 is 0 Å². The number of hydrogen-bond donors (Lipinski definition) is 1. The molecule has 0 spiro atoms. The molecule has 3 nitrogen and oxygen atoms in total. The zero-order chi connectivity index (χ0) is 14.1. The molecule has 2 fully saturated rings. The van der Waals surface area contributed by atoms with Gasteiger partial charge in [-0.1, -0.05) is 29.8 Å². The van der Waals surface area contributed by atoms with Gasteiger partial charge in [-0.15, -0.1) is 0 Å². The summed E-state index contributed by atoms with van der Waals surface area (Å²) in [7, 11) is 0. The van der Waals surface area contributed by atoms with Gasteiger partial charge in [0.2, 0.25) is 5.91 Å². The molecule has 2 aliphatic rings. The minimum atomic E-state index is 0.119. The molecule has 4 heteroatoms. The highest BCUT2D eigenvalue weighted by atomic mass is 35.5. The van der Waals surface area contributed by atoms with E-state index in [1.165, 1.54) is 0 Å². The molecule has 1 aliphatic heterocycles. The summed E-state index contributed by atoms with van der Waals surface area (Å²) in [4.78, 5) is 14.7. The van der Waals surface area contributed by atoms with Crippen molar-refractivity contribution in [3.8, 4) is 0 Å². The van der Waals surface area contributed by atoms with Crippen molar-refractivity contribution in [3.05, 3.63) is 34.9 Å². The first-order valence-corrected chi connectivity index (χ1v) is 7.85. The molecule has 1 aromatic rings. The predicted octanol–water partition coefficient (Wildman–Crippen LogP) is 3.13. The average molecular weight is 293 g/mol. The van der Waals surface area contributed by atoms with Crippen LogP contribution in [-0.2, 0) is 4.79 Å². The molecule has 1 heterocycles. The fraction of sp³-hybridized carbons (Fsp3) is 0.562. The Labute approximate surface area is 125 Å². The highest BCUT2D eigenvalue weighted by molar-refractivity contribution is 6.31. The molecule has 1 saturated carbocycles. The Balaban J connectivity index is 1.79.